The fraction of sp³-hybridized carbons (Fsp3) is 0.263. The van der Waals surface area contributed by atoms with Gasteiger partial charge in [0.05, 0.1) is 18.0 Å². The number of pyridine rings is 1. The van der Waals surface area contributed by atoms with Gasteiger partial charge < -0.3 is 14.9 Å². The second-order valence-electron chi connectivity index (χ2n) is 5.91. The number of halogens is 1. The molecule has 0 aliphatic heterocycles. The minimum Gasteiger partial charge on any atom is -0.465 e. The molecule has 2 heterocycles. The predicted molar refractivity (Wildman–Crippen MR) is 98.7 cm³/mol. The third kappa shape index (κ3) is 3.67. The van der Waals surface area contributed by atoms with E-state index < -0.39 is 12.0 Å². The maximum Gasteiger partial charge on any atom is 0.323 e. The monoisotopic (exact) mass is 357 g/mol. The van der Waals surface area contributed by atoms with Gasteiger partial charge in [-0.2, -0.15) is 0 Å². The number of hydrogen-bond donors (Lipinski definition) is 1. The predicted octanol–water partition coefficient (Wildman–Crippen LogP) is 3.40. The number of ether oxygens (including phenoxy) is 1. The fourth-order valence-electron chi connectivity index (χ4n) is 2.77. The molecule has 0 spiro atoms. The van der Waals surface area contributed by atoms with Crippen molar-refractivity contribution in [3.8, 4) is 11.3 Å². The summed E-state index contributed by atoms with van der Waals surface area (Å²) in [6, 6.07) is 10.7. The first-order chi connectivity index (χ1) is 12.0. The molecular formula is C19H20ClN3O2. The van der Waals surface area contributed by atoms with Crippen molar-refractivity contribution in [2.75, 3.05) is 6.61 Å². The summed E-state index contributed by atoms with van der Waals surface area (Å²) in [6.07, 6.45) is 2.33. The first-order valence-corrected chi connectivity index (χ1v) is 8.53. The largest absolute Gasteiger partial charge is 0.465 e. The van der Waals surface area contributed by atoms with Crippen LogP contribution in [-0.2, 0) is 16.0 Å². The Morgan fingerprint density at radius 1 is 1.28 bits per heavy atom. The second-order valence-corrected chi connectivity index (χ2v) is 6.35. The van der Waals surface area contributed by atoms with Gasteiger partial charge in [-0.15, -0.1) is 0 Å². The van der Waals surface area contributed by atoms with E-state index in [9.17, 15) is 4.79 Å². The zero-order valence-electron chi connectivity index (χ0n) is 14.2. The zero-order chi connectivity index (χ0) is 18.0. The summed E-state index contributed by atoms with van der Waals surface area (Å²) >= 11 is 5.99. The number of imidazole rings is 1. The molecule has 0 radical (unpaired) electrons. The minimum absolute atomic E-state index is 0.308. The van der Waals surface area contributed by atoms with E-state index in [1.807, 2.05) is 53.9 Å². The van der Waals surface area contributed by atoms with Gasteiger partial charge in [0, 0.05) is 23.2 Å². The number of hydrogen-bond acceptors (Lipinski definition) is 4. The van der Waals surface area contributed by atoms with E-state index in [1.54, 1.807) is 6.92 Å². The molecule has 130 valence electrons. The summed E-state index contributed by atoms with van der Waals surface area (Å²) in [7, 11) is 0. The van der Waals surface area contributed by atoms with Gasteiger partial charge in [0.1, 0.15) is 11.7 Å². The first kappa shape index (κ1) is 17.5. The lowest BCUT2D eigenvalue weighted by molar-refractivity contribution is -0.144. The summed E-state index contributed by atoms with van der Waals surface area (Å²) in [4.78, 5) is 16.7. The summed E-state index contributed by atoms with van der Waals surface area (Å²) < 4.78 is 7.02. The Hall–Kier alpha value is -2.37. The number of carbonyl (C=O) groups is 1. The summed E-state index contributed by atoms with van der Waals surface area (Å²) in [5.41, 5.74) is 10.6. The molecule has 0 aliphatic carbocycles. The summed E-state index contributed by atoms with van der Waals surface area (Å²) in [5, 5.41) is 0.660. The highest BCUT2D eigenvalue weighted by molar-refractivity contribution is 6.30. The Kier molecular flexibility index (Phi) is 5.06. The molecule has 2 N–H and O–H groups in total. The van der Waals surface area contributed by atoms with Crippen LogP contribution in [0.25, 0.3) is 16.9 Å². The van der Waals surface area contributed by atoms with Crippen LogP contribution in [0.5, 0.6) is 0 Å². The third-order valence-corrected chi connectivity index (χ3v) is 4.24. The number of nitrogens with two attached hydrogens (primary N) is 1. The Morgan fingerprint density at radius 2 is 2.00 bits per heavy atom. The van der Waals surface area contributed by atoms with Crippen molar-refractivity contribution in [2.45, 2.75) is 26.3 Å². The zero-order valence-corrected chi connectivity index (χ0v) is 15.0. The van der Waals surface area contributed by atoms with Crippen molar-refractivity contribution >= 4 is 23.2 Å². The lowest BCUT2D eigenvalue weighted by atomic mass is 10.1. The second kappa shape index (κ2) is 7.25. The minimum atomic E-state index is -0.744. The van der Waals surface area contributed by atoms with Crippen LogP contribution in [0.4, 0.5) is 0 Å². The molecule has 0 aliphatic rings. The topological polar surface area (TPSA) is 69.6 Å². The Morgan fingerprint density at radius 3 is 2.68 bits per heavy atom. The molecule has 3 aromatic rings. The molecule has 0 bridgehead atoms. The molecule has 0 saturated carbocycles. The van der Waals surface area contributed by atoms with Crippen LogP contribution in [0, 0.1) is 6.92 Å². The van der Waals surface area contributed by atoms with Gasteiger partial charge in [0.15, 0.2) is 0 Å². The molecule has 5 nitrogen and oxygen atoms in total. The molecule has 1 atom stereocenters. The standard InChI is InChI=1S/C19H20ClN3O2/c1-3-25-19(24)15(21)10-16-18(13-5-7-14(20)8-6-13)22-17-9-4-12(2)11-23(16)17/h4-9,11,15H,3,10,21H2,1-2H3. The lowest BCUT2D eigenvalue weighted by Crippen LogP contribution is -2.34. The molecule has 0 amide bonds. The van der Waals surface area contributed by atoms with Crippen LogP contribution in [0.2, 0.25) is 5.02 Å². The number of nitrogens with zero attached hydrogens (tertiary/aromatic N) is 2. The van der Waals surface area contributed by atoms with Crippen LogP contribution in [0.1, 0.15) is 18.2 Å². The number of benzene rings is 1. The average molecular weight is 358 g/mol. The molecule has 25 heavy (non-hydrogen) atoms. The first-order valence-electron chi connectivity index (χ1n) is 8.15. The van der Waals surface area contributed by atoms with E-state index in [-0.39, 0.29) is 0 Å². The van der Waals surface area contributed by atoms with E-state index in [0.717, 1.165) is 28.2 Å². The van der Waals surface area contributed by atoms with E-state index in [1.165, 1.54) is 0 Å². The quantitative estimate of drug-likeness (QED) is 0.710. The van der Waals surface area contributed by atoms with Crippen molar-refractivity contribution in [1.82, 2.24) is 9.38 Å². The number of aryl methyl sites for hydroxylation is 1. The average Bonchev–Trinajstić information content (AvgIpc) is 2.93. The van der Waals surface area contributed by atoms with Crippen molar-refractivity contribution in [3.63, 3.8) is 0 Å². The Balaban J connectivity index is 2.09. The van der Waals surface area contributed by atoms with Crippen molar-refractivity contribution in [2.24, 2.45) is 5.73 Å². The maximum absolute atomic E-state index is 12.0. The molecule has 3 rings (SSSR count). The van der Waals surface area contributed by atoms with Crippen molar-refractivity contribution in [3.05, 3.63) is 58.9 Å². The molecule has 2 aromatic heterocycles. The highest BCUT2D eigenvalue weighted by Gasteiger charge is 2.21. The number of aromatic nitrogens is 2. The molecule has 1 unspecified atom stereocenters. The lowest BCUT2D eigenvalue weighted by Gasteiger charge is -2.12. The molecule has 0 fully saturated rings. The smallest absolute Gasteiger partial charge is 0.323 e. The maximum atomic E-state index is 12.0. The van der Waals surface area contributed by atoms with Gasteiger partial charge in [-0.05, 0) is 37.6 Å². The number of esters is 1. The van der Waals surface area contributed by atoms with Crippen LogP contribution in [0.15, 0.2) is 42.6 Å². The molecule has 1 aromatic carbocycles. The number of fused-ring (bicyclic) bond motifs is 1. The normalized spacial score (nSPS) is 12.3. The Labute approximate surface area is 151 Å². The van der Waals surface area contributed by atoms with Crippen LogP contribution in [-0.4, -0.2) is 28.0 Å². The van der Waals surface area contributed by atoms with Crippen LogP contribution >= 0.6 is 11.6 Å². The van der Waals surface area contributed by atoms with Crippen molar-refractivity contribution in [1.29, 1.82) is 0 Å². The SMILES string of the molecule is CCOC(=O)C(N)Cc1c(-c2ccc(Cl)cc2)nc2ccc(C)cn12. The molecular weight excluding hydrogens is 338 g/mol. The van der Waals surface area contributed by atoms with Gasteiger partial charge in [0.2, 0.25) is 0 Å². The summed E-state index contributed by atoms with van der Waals surface area (Å²) in [6.45, 7) is 4.08. The van der Waals surface area contributed by atoms with Gasteiger partial charge in [0.25, 0.3) is 0 Å². The fourth-order valence-corrected chi connectivity index (χ4v) is 2.90. The Bertz CT molecular complexity index is 903. The van der Waals surface area contributed by atoms with Gasteiger partial charge >= 0.3 is 5.97 Å². The third-order valence-electron chi connectivity index (χ3n) is 3.99. The molecule has 6 heteroatoms. The van der Waals surface area contributed by atoms with Crippen LogP contribution in [0.3, 0.4) is 0 Å². The van der Waals surface area contributed by atoms with Crippen molar-refractivity contribution < 1.29 is 9.53 Å². The van der Waals surface area contributed by atoms with E-state index in [4.69, 9.17) is 27.1 Å². The van der Waals surface area contributed by atoms with Gasteiger partial charge in [-0.3, -0.25) is 4.79 Å². The van der Waals surface area contributed by atoms with Gasteiger partial charge in [-0.25, -0.2) is 4.98 Å². The number of rotatable bonds is 5. The van der Waals surface area contributed by atoms with E-state index in [0.29, 0.717) is 18.1 Å². The number of carbonyl (C=O) groups excluding carboxylic acids is 1. The highest BCUT2D eigenvalue weighted by atomic mass is 35.5. The molecule has 0 saturated heterocycles. The summed E-state index contributed by atoms with van der Waals surface area (Å²) in [5.74, 6) is -0.410. The van der Waals surface area contributed by atoms with E-state index >= 15 is 0 Å². The van der Waals surface area contributed by atoms with E-state index in [2.05, 4.69) is 0 Å². The van der Waals surface area contributed by atoms with Gasteiger partial charge in [-0.1, -0.05) is 29.8 Å². The highest BCUT2D eigenvalue weighted by Crippen LogP contribution is 2.27. The van der Waals surface area contributed by atoms with Crippen LogP contribution < -0.4 is 5.73 Å².